The van der Waals surface area contributed by atoms with Gasteiger partial charge < -0.3 is 10.2 Å². The van der Waals surface area contributed by atoms with Crippen molar-refractivity contribution in [3.05, 3.63) is 88.5 Å². The molecule has 126 valence electrons. The third-order valence-electron chi connectivity index (χ3n) is 3.76. The lowest BCUT2D eigenvalue weighted by molar-refractivity contribution is 0.0784. The molecular weight excluding hydrogens is 378 g/mol. The summed E-state index contributed by atoms with van der Waals surface area (Å²) in [6, 6.07) is 21.3. The van der Waals surface area contributed by atoms with Gasteiger partial charge in [0.25, 0.3) is 5.91 Å². The molecule has 0 aliphatic rings. The Kier molecular flexibility index (Phi) is 5.46. The van der Waals surface area contributed by atoms with Crippen molar-refractivity contribution in [2.75, 3.05) is 12.4 Å². The van der Waals surface area contributed by atoms with E-state index in [-0.39, 0.29) is 5.91 Å². The van der Waals surface area contributed by atoms with Gasteiger partial charge in [0.05, 0.1) is 11.3 Å². The summed E-state index contributed by atoms with van der Waals surface area (Å²) in [5, 5.41) is 3.22. The molecule has 1 N–H and O–H groups in total. The first-order valence-electron chi connectivity index (χ1n) is 7.90. The van der Waals surface area contributed by atoms with Crippen LogP contribution in [0.1, 0.15) is 15.9 Å². The van der Waals surface area contributed by atoms with Crippen LogP contribution in [0.15, 0.2) is 77.4 Å². The highest BCUT2D eigenvalue weighted by Crippen LogP contribution is 2.24. The fourth-order valence-corrected chi connectivity index (χ4v) is 2.83. The lowest BCUT2D eigenvalue weighted by Gasteiger charge is -2.17. The average molecular weight is 396 g/mol. The first-order valence-corrected chi connectivity index (χ1v) is 8.70. The highest BCUT2D eigenvalue weighted by molar-refractivity contribution is 9.10. The van der Waals surface area contributed by atoms with Gasteiger partial charge in [0, 0.05) is 24.3 Å². The SMILES string of the molecule is CN(Cc1ccccc1)C(=O)c1ccc(Nc2ccccc2Br)nc1. The molecule has 0 aliphatic carbocycles. The van der Waals surface area contributed by atoms with Gasteiger partial charge in [0.2, 0.25) is 0 Å². The highest BCUT2D eigenvalue weighted by Gasteiger charge is 2.12. The van der Waals surface area contributed by atoms with Crippen molar-refractivity contribution in [3.63, 3.8) is 0 Å². The minimum atomic E-state index is -0.0520. The maximum atomic E-state index is 12.5. The predicted molar refractivity (Wildman–Crippen MR) is 104 cm³/mol. The minimum absolute atomic E-state index is 0.0520. The third-order valence-corrected chi connectivity index (χ3v) is 4.45. The van der Waals surface area contributed by atoms with Gasteiger partial charge in [0.1, 0.15) is 5.82 Å². The molecule has 5 heteroatoms. The topological polar surface area (TPSA) is 45.2 Å². The van der Waals surface area contributed by atoms with E-state index in [1.54, 1.807) is 24.2 Å². The number of hydrogen-bond acceptors (Lipinski definition) is 3. The number of benzene rings is 2. The first kappa shape index (κ1) is 17.2. The number of aromatic nitrogens is 1. The molecule has 0 saturated carbocycles. The Balaban J connectivity index is 1.67. The van der Waals surface area contributed by atoms with Crippen molar-refractivity contribution < 1.29 is 4.79 Å². The normalized spacial score (nSPS) is 10.3. The lowest BCUT2D eigenvalue weighted by Crippen LogP contribution is -2.26. The molecule has 0 unspecified atom stereocenters. The maximum Gasteiger partial charge on any atom is 0.255 e. The molecular formula is C20H18BrN3O. The molecule has 1 heterocycles. The molecule has 0 spiro atoms. The quantitative estimate of drug-likeness (QED) is 0.670. The number of nitrogens with one attached hydrogen (secondary N) is 1. The molecule has 0 aliphatic heterocycles. The van der Waals surface area contributed by atoms with Crippen LogP contribution in [-0.4, -0.2) is 22.8 Å². The Labute approximate surface area is 155 Å². The van der Waals surface area contributed by atoms with Crippen molar-refractivity contribution in [2.45, 2.75) is 6.54 Å². The molecule has 3 rings (SSSR count). The van der Waals surface area contributed by atoms with Gasteiger partial charge in [-0.25, -0.2) is 4.98 Å². The summed E-state index contributed by atoms with van der Waals surface area (Å²) in [5.74, 6) is 0.637. The first-order chi connectivity index (χ1) is 12.1. The molecule has 2 aromatic carbocycles. The summed E-state index contributed by atoms with van der Waals surface area (Å²) >= 11 is 3.49. The molecule has 0 atom stereocenters. The molecule has 1 aromatic heterocycles. The van der Waals surface area contributed by atoms with E-state index >= 15 is 0 Å². The molecule has 0 bridgehead atoms. The largest absolute Gasteiger partial charge is 0.339 e. The average Bonchev–Trinajstić information content (AvgIpc) is 2.64. The Morgan fingerprint density at radius 2 is 1.76 bits per heavy atom. The number of halogens is 1. The highest BCUT2D eigenvalue weighted by atomic mass is 79.9. The van der Waals surface area contributed by atoms with Gasteiger partial charge in [-0.3, -0.25) is 4.79 Å². The Morgan fingerprint density at radius 1 is 1.04 bits per heavy atom. The summed E-state index contributed by atoms with van der Waals surface area (Å²) in [5.41, 5.74) is 2.59. The summed E-state index contributed by atoms with van der Waals surface area (Å²) in [6.45, 7) is 0.566. The van der Waals surface area contributed by atoms with E-state index in [0.29, 0.717) is 17.9 Å². The second kappa shape index (κ2) is 7.94. The number of pyridine rings is 1. The van der Waals surface area contributed by atoms with E-state index < -0.39 is 0 Å². The second-order valence-corrected chi connectivity index (χ2v) is 6.54. The third kappa shape index (κ3) is 4.45. The summed E-state index contributed by atoms with van der Waals surface area (Å²) in [4.78, 5) is 18.6. The molecule has 4 nitrogen and oxygen atoms in total. The van der Waals surface area contributed by atoms with E-state index in [4.69, 9.17) is 0 Å². The standard InChI is InChI=1S/C20H18BrN3O/c1-24(14-15-7-3-2-4-8-15)20(25)16-11-12-19(22-13-16)23-18-10-6-5-9-17(18)21/h2-13H,14H2,1H3,(H,22,23). The van der Waals surface area contributed by atoms with Gasteiger partial charge in [-0.1, -0.05) is 42.5 Å². The van der Waals surface area contributed by atoms with Gasteiger partial charge in [-0.05, 0) is 45.8 Å². The zero-order chi connectivity index (χ0) is 17.6. The van der Waals surface area contributed by atoms with Crippen LogP contribution < -0.4 is 5.32 Å². The zero-order valence-corrected chi connectivity index (χ0v) is 15.4. The van der Waals surface area contributed by atoms with Crippen LogP contribution in [0.4, 0.5) is 11.5 Å². The van der Waals surface area contributed by atoms with Crippen molar-refractivity contribution in [3.8, 4) is 0 Å². The number of rotatable bonds is 5. The van der Waals surface area contributed by atoms with Crippen LogP contribution in [0.3, 0.4) is 0 Å². The number of amides is 1. The molecule has 1 amide bonds. The van der Waals surface area contributed by atoms with Gasteiger partial charge in [-0.15, -0.1) is 0 Å². The van der Waals surface area contributed by atoms with Crippen LogP contribution in [-0.2, 0) is 6.54 Å². The van der Waals surface area contributed by atoms with E-state index in [0.717, 1.165) is 15.7 Å². The fraction of sp³-hybridized carbons (Fsp3) is 0.100. The van der Waals surface area contributed by atoms with Crippen LogP contribution in [0.2, 0.25) is 0 Å². The van der Waals surface area contributed by atoms with E-state index in [2.05, 4.69) is 26.2 Å². The minimum Gasteiger partial charge on any atom is -0.339 e. The Bertz CT molecular complexity index is 850. The maximum absolute atomic E-state index is 12.5. The number of para-hydroxylation sites is 1. The van der Waals surface area contributed by atoms with Gasteiger partial charge >= 0.3 is 0 Å². The van der Waals surface area contributed by atoms with E-state index in [1.807, 2.05) is 60.7 Å². The van der Waals surface area contributed by atoms with Gasteiger partial charge in [0.15, 0.2) is 0 Å². The number of carbonyl (C=O) groups excluding carboxylic acids is 1. The summed E-state index contributed by atoms with van der Waals surface area (Å²) in [7, 11) is 1.79. The molecule has 0 fully saturated rings. The number of nitrogens with zero attached hydrogens (tertiary/aromatic N) is 2. The van der Waals surface area contributed by atoms with Crippen LogP contribution in [0, 0.1) is 0 Å². The Hall–Kier alpha value is -2.66. The molecule has 0 radical (unpaired) electrons. The molecule has 3 aromatic rings. The molecule has 0 saturated heterocycles. The monoisotopic (exact) mass is 395 g/mol. The molecule has 25 heavy (non-hydrogen) atoms. The second-order valence-electron chi connectivity index (χ2n) is 5.68. The number of hydrogen-bond donors (Lipinski definition) is 1. The smallest absolute Gasteiger partial charge is 0.255 e. The van der Waals surface area contributed by atoms with Crippen molar-refractivity contribution in [1.29, 1.82) is 0 Å². The predicted octanol–water partition coefficient (Wildman–Crippen LogP) is 4.86. The van der Waals surface area contributed by atoms with Crippen LogP contribution in [0.25, 0.3) is 0 Å². The van der Waals surface area contributed by atoms with E-state index in [9.17, 15) is 4.79 Å². The van der Waals surface area contributed by atoms with E-state index in [1.165, 1.54) is 0 Å². The fourth-order valence-electron chi connectivity index (χ4n) is 2.44. The van der Waals surface area contributed by atoms with Crippen LogP contribution >= 0.6 is 15.9 Å². The zero-order valence-electron chi connectivity index (χ0n) is 13.8. The summed E-state index contributed by atoms with van der Waals surface area (Å²) in [6.07, 6.45) is 1.60. The van der Waals surface area contributed by atoms with Crippen molar-refractivity contribution >= 4 is 33.3 Å². The lowest BCUT2D eigenvalue weighted by atomic mass is 10.2. The Morgan fingerprint density at radius 3 is 2.44 bits per heavy atom. The number of anilines is 2. The summed E-state index contributed by atoms with van der Waals surface area (Å²) < 4.78 is 0.958. The van der Waals surface area contributed by atoms with Crippen molar-refractivity contribution in [1.82, 2.24) is 9.88 Å². The van der Waals surface area contributed by atoms with Crippen LogP contribution in [0.5, 0.6) is 0 Å². The number of carbonyl (C=O) groups is 1. The van der Waals surface area contributed by atoms with Crippen molar-refractivity contribution in [2.24, 2.45) is 0 Å². The van der Waals surface area contributed by atoms with Gasteiger partial charge in [-0.2, -0.15) is 0 Å².